The van der Waals surface area contributed by atoms with E-state index in [1.807, 2.05) is 53.1 Å². The minimum absolute atomic E-state index is 0.0404. The fourth-order valence-electron chi connectivity index (χ4n) is 6.10. The molecule has 0 radical (unpaired) electrons. The van der Waals surface area contributed by atoms with Crippen molar-refractivity contribution in [2.24, 2.45) is 0 Å². The number of methoxy groups -OCH3 is 1. The second-order valence-electron chi connectivity index (χ2n) is 13.2. The average molecular weight is 723 g/mol. The maximum absolute atomic E-state index is 13.2. The third-order valence-electron chi connectivity index (χ3n) is 8.50. The number of benzene rings is 2. The zero-order valence-electron chi connectivity index (χ0n) is 28.1. The van der Waals surface area contributed by atoms with E-state index in [0.717, 1.165) is 0 Å². The second kappa shape index (κ2) is 14.2. The van der Waals surface area contributed by atoms with E-state index in [4.69, 9.17) is 37.7 Å². The molecule has 2 aromatic heterocycles. The van der Waals surface area contributed by atoms with Crippen molar-refractivity contribution in [3.05, 3.63) is 70.0 Å². The van der Waals surface area contributed by atoms with Crippen molar-refractivity contribution in [2.75, 3.05) is 20.2 Å². The van der Waals surface area contributed by atoms with Crippen molar-refractivity contribution < 1.29 is 29.0 Å². The van der Waals surface area contributed by atoms with Gasteiger partial charge in [0.15, 0.2) is 11.6 Å². The van der Waals surface area contributed by atoms with Gasteiger partial charge in [0.2, 0.25) is 11.8 Å². The van der Waals surface area contributed by atoms with Crippen LogP contribution in [0.3, 0.4) is 0 Å². The Labute approximate surface area is 299 Å². The topological polar surface area (TPSA) is 152 Å². The van der Waals surface area contributed by atoms with Crippen LogP contribution in [0.15, 0.2) is 48.5 Å². The van der Waals surface area contributed by atoms with Crippen LogP contribution in [0.1, 0.15) is 45.0 Å². The first-order valence-corrected chi connectivity index (χ1v) is 16.9. The minimum Gasteiger partial charge on any atom is -0.481 e. The van der Waals surface area contributed by atoms with Gasteiger partial charge >= 0.3 is 12.2 Å². The maximum Gasteiger partial charge on any atom is 0.410 e. The van der Waals surface area contributed by atoms with Crippen LogP contribution in [0.4, 0.5) is 9.59 Å². The largest absolute Gasteiger partial charge is 0.481 e. The van der Waals surface area contributed by atoms with Gasteiger partial charge in [-0.15, -0.1) is 10.2 Å². The number of nitrogens with one attached hydrogen (secondary N) is 1. The van der Waals surface area contributed by atoms with Gasteiger partial charge in [-0.2, -0.15) is 0 Å². The van der Waals surface area contributed by atoms with E-state index >= 15 is 0 Å². The van der Waals surface area contributed by atoms with Gasteiger partial charge in [-0.05, 0) is 45.4 Å². The molecule has 13 nitrogen and oxygen atoms in total. The molecule has 2 aliphatic rings. The SMILES string of the molecule is COc1nc(-c2cccc(-c3cccc(-c4nnc5n4CCN(C(=O)O)C5)c3Cl)c2Cl)ccc1CN(CC1CCC(=O)N1)C(=O)OC(C)(C)C. The van der Waals surface area contributed by atoms with Crippen LogP contribution in [0.25, 0.3) is 33.8 Å². The number of pyridine rings is 1. The number of ether oxygens (including phenoxy) is 2. The van der Waals surface area contributed by atoms with E-state index in [1.165, 1.54) is 12.0 Å². The predicted molar refractivity (Wildman–Crippen MR) is 187 cm³/mol. The van der Waals surface area contributed by atoms with Gasteiger partial charge in [0, 0.05) is 59.9 Å². The zero-order valence-corrected chi connectivity index (χ0v) is 29.6. The Morgan fingerprint density at radius 3 is 2.32 bits per heavy atom. The third kappa shape index (κ3) is 7.34. The summed E-state index contributed by atoms with van der Waals surface area (Å²) >= 11 is 14.1. The molecule has 2 N–H and O–H groups in total. The van der Waals surface area contributed by atoms with Crippen LogP contribution in [0.2, 0.25) is 10.0 Å². The molecule has 0 saturated carbocycles. The van der Waals surface area contributed by atoms with Crippen molar-refractivity contribution >= 4 is 41.3 Å². The smallest absolute Gasteiger partial charge is 0.410 e. The summed E-state index contributed by atoms with van der Waals surface area (Å²) in [6.45, 7) is 6.68. The molecule has 2 aromatic carbocycles. The summed E-state index contributed by atoms with van der Waals surface area (Å²) < 4.78 is 13.3. The highest BCUT2D eigenvalue weighted by Crippen LogP contribution is 2.42. The van der Waals surface area contributed by atoms with Gasteiger partial charge in [0.1, 0.15) is 5.60 Å². The van der Waals surface area contributed by atoms with Crippen LogP contribution in [0.5, 0.6) is 5.88 Å². The Balaban J connectivity index is 1.29. The molecule has 6 rings (SSSR count). The Bertz CT molecular complexity index is 1960. The summed E-state index contributed by atoms with van der Waals surface area (Å²) in [6.07, 6.45) is -0.470. The fourth-order valence-corrected chi connectivity index (χ4v) is 6.74. The molecule has 0 spiro atoms. The quantitative estimate of drug-likeness (QED) is 0.208. The molecule has 1 fully saturated rings. The van der Waals surface area contributed by atoms with E-state index in [-0.39, 0.29) is 31.6 Å². The highest BCUT2D eigenvalue weighted by Gasteiger charge is 2.30. The van der Waals surface area contributed by atoms with Crippen molar-refractivity contribution in [3.63, 3.8) is 0 Å². The zero-order chi connectivity index (χ0) is 35.7. The molecule has 2 aliphatic heterocycles. The first-order chi connectivity index (χ1) is 23.8. The van der Waals surface area contributed by atoms with Gasteiger partial charge in [-0.1, -0.05) is 53.5 Å². The van der Waals surface area contributed by atoms with Gasteiger partial charge in [0.05, 0.1) is 35.9 Å². The van der Waals surface area contributed by atoms with Gasteiger partial charge in [-0.25, -0.2) is 14.6 Å². The molecule has 1 atom stereocenters. The fraction of sp³-hybridized carbons (Fsp3) is 0.371. The van der Waals surface area contributed by atoms with Crippen LogP contribution >= 0.6 is 23.2 Å². The number of carbonyl (C=O) groups excluding carboxylic acids is 2. The monoisotopic (exact) mass is 721 g/mol. The molecule has 4 aromatic rings. The Hall–Kier alpha value is -4.88. The van der Waals surface area contributed by atoms with Crippen LogP contribution in [-0.2, 0) is 29.2 Å². The van der Waals surface area contributed by atoms with Crippen molar-refractivity contribution in [2.45, 2.75) is 64.9 Å². The van der Waals surface area contributed by atoms with Crippen LogP contribution in [0, 0.1) is 0 Å². The number of nitrogens with zero attached hydrogens (tertiary/aromatic N) is 6. The lowest BCUT2D eigenvalue weighted by atomic mass is 9.98. The normalized spacial score (nSPS) is 15.8. The van der Waals surface area contributed by atoms with E-state index in [2.05, 4.69) is 15.5 Å². The molecule has 1 unspecified atom stereocenters. The summed E-state index contributed by atoms with van der Waals surface area (Å²) in [6, 6.07) is 14.6. The minimum atomic E-state index is -1.00. The number of aromatic nitrogens is 4. The number of halogens is 2. The van der Waals surface area contributed by atoms with Crippen molar-refractivity contribution in [1.29, 1.82) is 0 Å². The molecule has 262 valence electrons. The Kier molecular flexibility index (Phi) is 9.90. The summed E-state index contributed by atoms with van der Waals surface area (Å²) in [4.78, 5) is 44.2. The number of hydrogen-bond donors (Lipinski definition) is 2. The average Bonchev–Trinajstić information content (AvgIpc) is 3.69. The number of fused-ring (bicyclic) bond motifs is 1. The van der Waals surface area contributed by atoms with Gasteiger partial charge in [0.25, 0.3) is 0 Å². The predicted octanol–water partition coefficient (Wildman–Crippen LogP) is 6.50. The highest BCUT2D eigenvalue weighted by molar-refractivity contribution is 6.39. The standard InChI is InChI=1S/C35H37Cl2N7O6/c1-35(2,3)50-34(48)43(18-21-12-14-28(45)38-21)17-20-11-13-26(39-32(20)49-4)24-9-5-7-22(29(24)36)23-8-6-10-25(30(23)37)31-41-40-27-19-42(33(46)47)15-16-44(27)31/h5-11,13,21H,12,14-19H2,1-4H3,(H,38,45)(H,46,47). The first-order valence-electron chi connectivity index (χ1n) is 16.1. The first kappa shape index (κ1) is 35.0. The molecule has 3 amide bonds. The molecule has 0 aliphatic carbocycles. The van der Waals surface area contributed by atoms with Crippen molar-refractivity contribution in [3.8, 4) is 39.7 Å². The number of amides is 3. The Morgan fingerprint density at radius 2 is 1.68 bits per heavy atom. The maximum atomic E-state index is 13.2. The third-order valence-corrected chi connectivity index (χ3v) is 9.31. The summed E-state index contributed by atoms with van der Waals surface area (Å²) in [7, 11) is 1.51. The number of rotatable bonds is 8. The summed E-state index contributed by atoms with van der Waals surface area (Å²) in [5.74, 6) is 1.35. The highest BCUT2D eigenvalue weighted by atomic mass is 35.5. The van der Waals surface area contributed by atoms with Crippen LogP contribution < -0.4 is 10.1 Å². The molecule has 50 heavy (non-hydrogen) atoms. The van der Waals surface area contributed by atoms with Gasteiger partial charge < -0.3 is 29.4 Å². The van der Waals surface area contributed by atoms with Gasteiger partial charge in [-0.3, -0.25) is 9.69 Å². The van der Waals surface area contributed by atoms with E-state index in [0.29, 0.717) is 87.0 Å². The molecular formula is C35H37Cl2N7O6. The number of hydrogen-bond acceptors (Lipinski definition) is 8. The lowest BCUT2D eigenvalue weighted by molar-refractivity contribution is -0.119. The van der Waals surface area contributed by atoms with E-state index in [1.54, 1.807) is 25.7 Å². The molecule has 1 saturated heterocycles. The number of carbonyl (C=O) groups is 3. The molecule has 15 heteroatoms. The molecular weight excluding hydrogens is 685 g/mol. The molecule has 0 bridgehead atoms. The van der Waals surface area contributed by atoms with E-state index in [9.17, 15) is 19.5 Å². The summed E-state index contributed by atoms with van der Waals surface area (Å²) in [5.41, 5.74) is 3.12. The van der Waals surface area contributed by atoms with Crippen LogP contribution in [-0.4, -0.2) is 84.6 Å². The lowest BCUT2D eigenvalue weighted by Crippen LogP contribution is -2.43. The van der Waals surface area contributed by atoms with Crippen molar-refractivity contribution in [1.82, 2.24) is 34.9 Å². The second-order valence-corrected chi connectivity index (χ2v) is 13.9. The number of carboxylic acid groups (broad SMARTS) is 1. The summed E-state index contributed by atoms with van der Waals surface area (Å²) in [5, 5.41) is 21.7. The Morgan fingerprint density at radius 1 is 1.00 bits per heavy atom. The molecule has 4 heterocycles. The lowest BCUT2D eigenvalue weighted by Gasteiger charge is -2.29. The van der Waals surface area contributed by atoms with E-state index < -0.39 is 17.8 Å².